The van der Waals surface area contributed by atoms with Gasteiger partial charge < -0.3 is 9.84 Å². The Morgan fingerprint density at radius 1 is 1.47 bits per heavy atom. The maximum Gasteiger partial charge on any atom is 0.344 e. The largest absolute Gasteiger partial charge is 0.479 e. The number of carbonyl (C=O) groups is 1. The van der Waals surface area contributed by atoms with Gasteiger partial charge in [-0.3, -0.25) is 0 Å². The lowest BCUT2D eigenvalue weighted by atomic mass is 10.1. The number of aryl methyl sites for hydroxylation is 1. The van der Waals surface area contributed by atoms with E-state index in [9.17, 15) is 4.79 Å². The number of benzene rings is 1. The first-order valence-corrected chi connectivity index (χ1v) is 5.15. The third-order valence-corrected chi connectivity index (χ3v) is 2.23. The highest BCUT2D eigenvalue weighted by molar-refractivity contribution is 5.72. The van der Waals surface area contributed by atoms with Crippen molar-refractivity contribution in [2.24, 2.45) is 0 Å². The van der Waals surface area contributed by atoms with Crippen LogP contribution < -0.4 is 4.74 Å². The molecule has 3 nitrogen and oxygen atoms in total. The predicted molar refractivity (Wildman–Crippen MR) is 58.2 cm³/mol. The van der Waals surface area contributed by atoms with Crippen LogP contribution in [0.5, 0.6) is 5.75 Å². The molecule has 1 unspecified atom stereocenters. The highest BCUT2D eigenvalue weighted by Gasteiger charge is 2.16. The Labute approximate surface area is 89.7 Å². The quantitative estimate of drug-likeness (QED) is 0.808. The Morgan fingerprint density at radius 3 is 2.73 bits per heavy atom. The molecule has 0 aliphatic rings. The van der Waals surface area contributed by atoms with Crippen molar-refractivity contribution in [2.75, 3.05) is 0 Å². The third kappa shape index (κ3) is 3.27. The Morgan fingerprint density at radius 2 is 2.20 bits per heavy atom. The molecule has 1 rings (SSSR count). The molecular weight excluding hydrogens is 192 g/mol. The van der Waals surface area contributed by atoms with Gasteiger partial charge in [0.2, 0.25) is 0 Å². The molecule has 1 atom stereocenters. The highest BCUT2D eigenvalue weighted by atomic mass is 16.5. The van der Waals surface area contributed by atoms with Gasteiger partial charge in [-0.15, -0.1) is 0 Å². The predicted octanol–water partition coefficient (Wildman–Crippen LogP) is 2.49. The average Bonchev–Trinajstić information content (AvgIpc) is 2.25. The molecule has 0 bridgehead atoms. The van der Waals surface area contributed by atoms with Gasteiger partial charge in [0.25, 0.3) is 0 Å². The normalized spacial score (nSPS) is 12.1. The fourth-order valence-electron chi connectivity index (χ4n) is 1.31. The molecule has 1 aromatic rings. The summed E-state index contributed by atoms with van der Waals surface area (Å²) in [5, 5.41) is 8.84. The summed E-state index contributed by atoms with van der Waals surface area (Å²) >= 11 is 0. The highest BCUT2D eigenvalue weighted by Crippen LogP contribution is 2.16. The number of hydrogen-bond donors (Lipinski definition) is 1. The van der Waals surface area contributed by atoms with E-state index in [2.05, 4.69) is 0 Å². The first kappa shape index (κ1) is 11.6. The van der Waals surface area contributed by atoms with E-state index < -0.39 is 12.1 Å². The van der Waals surface area contributed by atoms with Gasteiger partial charge >= 0.3 is 5.97 Å². The Bertz CT molecular complexity index is 333. The van der Waals surface area contributed by atoms with Gasteiger partial charge in [-0.2, -0.15) is 0 Å². The minimum atomic E-state index is -0.917. The van der Waals surface area contributed by atoms with Crippen LogP contribution in [0.25, 0.3) is 0 Å². The molecule has 0 saturated carbocycles. The molecule has 0 saturated heterocycles. The molecule has 0 aromatic heterocycles. The maximum atomic E-state index is 10.8. The van der Waals surface area contributed by atoms with Crippen LogP contribution in [0.15, 0.2) is 24.3 Å². The molecule has 0 amide bonds. The molecule has 0 aliphatic carbocycles. The SMILES string of the molecule is CCc1cccc(OC(CC)C(=O)O)c1. The first-order chi connectivity index (χ1) is 7.17. The summed E-state index contributed by atoms with van der Waals surface area (Å²) in [5.41, 5.74) is 1.15. The van der Waals surface area contributed by atoms with E-state index in [1.165, 1.54) is 0 Å². The number of carboxylic acids is 1. The van der Waals surface area contributed by atoms with Gasteiger partial charge in [0.1, 0.15) is 5.75 Å². The number of rotatable bonds is 5. The molecule has 0 spiro atoms. The molecule has 0 radical (unpaired) electrons. The van der Waals surface area contributed by atoms with Gasteiger partial charge in [-0.05, 0) is 30.5 Å². The monoisotopic (exact) mass is 208 g/mol. The van der Waals surface area contributed by atoms with Crippen molar-refractivity contribution in [1.82, 2.24) is 0 Å². The molecule has 1 aromatic carbocycles. The van der Waals surface area contributed by atoms with Crippen LogP contribution in [0.3, 0.4) is 0 Å². The lowest BCUT2D eigenvalue weighted by molar-refractivity contribution is -0.145. The van der Waals surface area contributed by atoms with Crippen molar-refractivity contribution in [3.63, 3.8) is 0 Å². The number of aliphatic carboxylic acids is 1. The fraction of sp³-hybridized carbons (Fsp3) is 0.417. The Balaban J connectivity index is 2.74. The molecule has 3 heteroatoms. The van der Waals surface area contributed by atoms with Gasteiger partial charge in [0.15, 0.2) is 6.10 Å². The molecule has 0 fully saturated rings. The van der Waals surface area contributed by atoms with E-state index in [0.717, 1.165) is 12.0 Å². The minimum Gasteiger partial charge on any atom is -0.479 e. The number of carboxylic acid groups (broad SMARTS) is 1. The van der Waals surface area contributed by atoms with Crippen molar-refractivity contribution < 1.29 is 14.6 Å². The fourth-order valence-corrected chi connectivity index (χ4v) is 1.31. The lowest BCUT2D eigenvalue weighted by Gasteiger charge is -2.13. The summed E-state index contributed by atoms with van der Waals surface area (Å²) in [6, 6.07) is 7.54. The summed E-state index contributed by atoms with van der Waals surface area (Å²) in [7, 11) is 0. The summed E-state index contributed by atoms with van der Waals surface area (Å²) in [6.07, 6.45) is 0.629. The topological polar surface area (TPSA) is 46.5 Å². The standard InChI is InChI=1S/C12H16O3/c1-3-9-6-5-7-10(8-9)15-11(4-2)12(13)14/h5-8,11H,3-4H2,1-2H3,(H,13,14). The van der Waals surface area contributed by atoms with Crippen LogP contribution in [0.2, 0.25) is 0 Å². The van der Waals surface area contributed by atoms with E-state index in [0.29, 0.717) is 12.2 Å². The molecule has 1 N–H and O–H groups in total. The summed E-state index contributed by atoms with van der Waals surface area (Å²) < 4.78 is 5.37. The number of hydrogen-bond acceptors (Lipinski definition) is 2. The average molecular weight is 208 g/mol. The van der Waals surface area contributed by atoms with E-state index >= 15 is 0 Å². The van der Waals surface area contributed by atoms with Crippen LogP contribution in [-0.4, -0.2) is 17.2 Å². The zero-order valence-corrected chi connectivity index (χ0v) is 9.06. The van der Waals surface area contributed by atoms with Crippen LogP contribution in [0.4, 0.5) is 0 Å². The second kappa shape index (κ2) is 5.39. The van der Waals surface area contributed by atoms with Crippen molar-refractivity contribution in [1.29, 1.82) is 0 Å². The van der Waals surface area contributed by atoms with Crippen LogP contribution >= 0.6 is 0 Å². The van der Waals surface area contributed by atoms with Gasteiger partial charge in [-0.1, -0.05) is 26.0 Å². The van der Waals surface area contributed by atoms with Crippen LogP contribution in [0, 0.1) is 0 Å². The van der Waals surface area contributed by atoms with Crippen LogP contribution in [-0.2, 0) is 11.2 Å². The third-order valence-electron chi connectivity index (χ3n) is 2.23. The van der Waals surface area contributed by atoms with Crippen molar-refractivity contribution in [3.8, 4) is 5.75 Å². The van der Waals surface area contributed by atoms with Crippen molar-refractivity contribution in [3.05, 3.63) is 29.8 Å². The minimum absolute atomic E-state index is 0.464. The zero-order valence-electron chi connectivity index (χ0n) is 9.06. The Kier molecular flexibility index (Phi) is 4.16. The van der Waals surface area contributed by atoms with Crippen molar-refractivity contribution in [2.45, 2.75) is 32.8 Å². The van der Waals surface area contributed by atoms with E-state index in [1.807, 2.05) is 25.1 Å². The smallest absolute Gasteiger partial charge is 0.344 e. The Hall–Kier alpha value is -1.51. The summed E-state index contributed by atoms with van der Waals surface area (Å²) in [6.45, 7) is 3.84. The van der Waals surface area contributed by atoms with Gasteiger partial charge in [0, 0.05) is 0 Å². The van der Waals surface area contributed by atoms with E-state index in [4.69, 9.17) is 9.84 Å². The summed E-state index contributed by atoms with van der Waals surface area (Å²) in [5.74, 6) is -0.289. The molecule has 0 aliphatic heterocycles. The second-order valence-electron chi connectivity index (χ2n) is 3.35. The van der Waals surface area contributed by atoms with Crippen molar-refractivity contribution >= 4 is 5.97 Å². The van der Waals surface area contributed by atoms with Crippen LogP contribution in [0.1, 0.15) is 25.8 Å². The van der Waals surface area contributed by atoms with E-state index in [-0.39, 0.29) is 0 Å². The maximum absolute atomic E-state index is 10.8. The van der Waals surface area contributed by atoms with Gasteiger partial charge in [0.05, 0.1) is 0 Å². The molecule has 0 heterocycles. The zero-order chi connectivity index (χ0) is 11.3. The van der Waals surface area contributed by atoms with Gasteiger partial charge in [-0.25, -0.2) is 4.79 Å². The number of ether oxygens (including phenoxy) is 1. The first-order valence-electron chi connectivity index (χ1n) is 5.15. The molecule has 15 heavy (non-hydrogen) atoms. The summed E-state index contributed by atoms with van der Waals surface area (Å²) in [4.78, 5) is 10.8. The second-order valence-corrected chi connectivity index (χ2v) is 3.35. The lowest BCUT2D eigenvalue weighted by Crippen LogP contribution is -2.25. The van der Waals surface area contributed by atoms with E-state index in [1.54, 1.807) is 13.0 Å². The molecular formula is C12H16O3. The molecule has 82 valence electrons.